The Morgan fingerprint density at radius 1 is 1.44 bits per heavy atom. The van der Waals surface area contributed by atoms with Crippen LogP contribution in [-0.2, 0) is 0 Å². The molecule has 1 aromatic heterocycles. The molecule has 0 fully saturated rings. The van der Waals surface area contributed by atoms with E-state index in [0.29, 0.717) is 10.6 Å². The number of hydrazone groups is 1. The predicted octanol–water partition coefficient (Wildman–Crippen LogP) is 3.47. The largest absolute Gasteiger partial charge is 0.271 e. The van der Waals surface area contributed by atoms with Crippen molar-refractivity contribution in [1.82, 2.24) is 5.43 Å². The Bertz CT molecular complexity index is 592. The second-order valence-electron chi connectivity index (χ2n) is 3.68. The predicted molar refractivity (Wildman–Crippen MR) is 75.6 cm³/mol. The standard InChI is InChI=1S/C13H11ClN2OS/c1-9-5-6-18-12(9)8-15-16-13(17)10-3-2-4-11(14)7-10/h2-8H,1H3,(H,16,17). The molecular formula is C13H11ClN2OS. The van der Waals surface area contributed by atoms with Crippen molar-refractivity contribution in [3.63, 3.8) is 0 Å². The molecule has 0 atom stereocenters. The van der Waals surface area contributed by atoms with Gasteiger partial charge >= 0.3 is 0 Å². The van der Waals surface area contributed by atoms with Crippen molar-refractivity contribution in [3.05, 3.63) is 56.7 Å². The number of halogens is 1. The molecule has 18 heavy (non-hydrogen) atoms. The Morgan fingerprint density at radius 2 is 2.28 bits per heavy atom. The minimum atomic E-state index is -0.275. The summed E-state index contributed by atoms with van der Waals surface area (Å²) in [5, 5.41) is 6.43. The maximum atomic E-state index is 11.7. The minimum absolute atomic E-state index is 0.275. The third kappa shape index (κ3) is 3.18. The van der Waals surface area contributed by atoms with Gasteiger partial charge in [-0.15, -0.1) is 11.3 Å². The fraction of sp³-hybridized carbons (Fsp3) is 0.0769. The van der Waals surface area contributed by atoms with Gasteiger partial charge in [0.2, 0.25) is 0 Å². The molecule has 2 aromatic rings. The number of benzene rings is 1. The molecular weight excluding hydrogens is 268 g/mol. The van der Waals surface area contributed by atoms with Gasteiger partial charge in [0, 0.05) is 15.5 Å². The van der Waals surface area contributed by atoms with Crippen LogP contribution in [0.1, 0.15) is 20.8 Å². The summed E-state index contributed by atoms with van der Waals surface area (Å²) in [6.45, 7) is 2.00. The SMILES string of the molecule is Cc1ccsc1C=NNC(=O)c1cccc(Cl)c1. The van der Waals surface area contributed by atoms with E-state index in [9.17, 15) is 4.79 Å². The summed E-state index contributed by atoms with van der Waals surface area (Å²) in [5.41, 5.74) is 4.10. The average molecular weight is 279 g/mol. The summed E-state index contributed by atoms with van der Waals surface area (Å²) >= 11 is 7.39. The van der Waals surface area contributed by atoms with E-state index in [1.54, 1.807) is 41.8 Å². The normalized spacial score (nSPS) is 10.8. The van der Waals surface area contributed by atoms with E-state index in [2.05, 4.69) is 10.5 Å². The number of hydrogen-bond acceptors (Lipinski definition) is 3. The summed E-state index contributed by atoms with van der Waals surface area (Å²) in [5.74, 6) is -0.275. The maximum Gasteiger partial charge on any atom is 0.271 e. The fourth-order valence-electron chi connectivity index (χ4n) is 1.36. The molecule has 0 aliphatic heterocycles. The van der Waals surface area contributed by atoms with Gasteiger partial charge in [-0.3, -0.25) is 4.79 Å². The summed E-state index contributed by atoms with van der Waals surface area (Å²) in [6, 6.07) is 8.74. The van der Waals surface area contributed by atoms with Gasteiger partial charge in [-0.25, -0.2) is 5.43 Å². The molecule has 1 amide bonds. The van der Waals surface area contributed by atoms with E-state index in [4.69, 9.17) is 11.6 Å². The van der Waals surface area contributed by atoms with E-state index in [1.165, 1.54) is 0 Å². The molecule has 3 nitrogen and oxygen atoms in total. The molecule has 0 unspecified atom stereocenters. The maximum absolute atomic E-state index is 11.7. The highest BCUT2D eigenvalue weighted by Crippen LogP contribution is 2.12. The van der Waals surface area contributed by atoms with Crippen molar-refractivity contribution in [3.8, 4) is 0 Å². The van der Waals surface area contributed by atoms with Crippen molar-refractivity contribution in [2.75, 3.05) is 0 Å². The second kappa shape index (κ2) is 5.80. The van der Waals surface area contributed by atoms with Gasteiger partial charge in [-0.05, 0) is 42.1 Å². The van der Waals surface area contributed by atoms with Gasteiger partial charge in [-0.2, -0.15) is 5.10 Å². The van der Waals surface area contributed by atoms with E-state index >= 15 is 0 Å². The fourth-order valence-corrected chi connectivity index (χ4v) is 2.34. The molecule has 1 N–H and O–H groups in total. The lowest BCUT2D eigenvalue weighted by Crippen LogP contribution is -2.17. The number of amides is 1. The molecule has 1 heterocycles. The van der Waals surface area contributed by atoms with Crippen LogP contribution < -0.4 is 5.43 Å². The van der Waals surface area contributed by atoms with Crippen molar-refractivity contribution in [2.24, 2.45) is 5.10 Å². The van der Waals surface area contributed by atoms with Crippen molar-refractivity contribution >= 4 is 35.1 Å². The first-order valence-corrected chi connectivity index (χ1v) is 6.55. The molecule has 0 bridgehead atoms. The lowest BCUT2D eigenvalue weighted by atomic mass is 10.2. The van der Waals surface area contributed by atoms with Gasteiger partial charge in [0.15, 0.2) is 0 Å². The highest BCUT2D eigenvalue weighted by atomic mass is 35.5. The van der Waals surface area contributed by atoms with Crippen LogP contribution in [0.4, 0.5) is 0 Å². The number of carbonyl (C=O) groups is 1. The molecule has 0 saturated heterocycles. The second-order valence-corrected chi connectivity index (χ2v) is 5.06. The number of aryl methyl sites for hydroxylation is 1. The van der Waals surface area contributed by atoms with Gasteiger partial charge in [0.1, 0.15) is 0 Å². The molecule has 0 aliphatic carbocycles. The van der Waals surface area contributed by atoms with E-state index in [1.807, 2.05) is 18.4 Å². The lowest BCUT2D eigenvalue weighted by Gasteiger charge is -1.99. The van der Waals surface area contributed by atoms with E-state index in [0.717, 1.165) is 10.4 Å². The van der Waals surface area contributed by atoms with Gasteiger partial charge in [0.05, 0.1) is 6.21 Å². The van der Waals surface area contributed by atoms with Crippen molar-refractivity contribution < 1.29 is 4.79 Å². The quantitative estimate of drug-likeness (QED) is 0.678. The highest BCUT2D eigenvalue weighted by molar-refractivity contribution is 7.11. The van der Waals surface area contributed by atoms with Crippen molar-refractivity contribution in [2.45, 2.75) is 6.92 Å². The number of thiophene rings is 1. The Kier molecular flexibility index (Phi) is 4.12. The number of carbonyl (C=O) groups excluding carboxylic acids is 1. The topological polar surface area (TPSA) is 41.5 Å². The average Bonchev–Trinajstić information content (AvgIpc) is 2.75. The Balaban J connectivity index is 2.01. The molecule has 0 saturated carbocycles. The van der Waals surface area contributed by atoms with Gasteiger partial charge in [-0.1, -0.05) is 17.7 Å². The highest BCUT2D eigenvalue weighted by Gasteiger charge is 2.04. The van der Waals surface area contributed by atoms with Crippen LogP contribution >= 0.6 is 22.9 Å². The number of rotatable bonds is 3. The van der Waals surface area contributed by atoms with Crippen molar-refractivity contribution in [1.29, 1.82) is 0 Å². The summed E-state index contributed by atoms with van der Waals surface area (Å²) < 4.78 is 0. The monoisotopic (exact) mass is 278 g/mol. The Hall–Kier alpha value is -1.65. The molecule has 92 valence electrons. The van der Waals surface area contributed by atoms with Crippen LogP contribution in [0.15, 0.2) is 40.8 Å². The zero-order chi connectivity index (χ0) is 13.0. The summed E-state index contributed by atoms with van der Waals surface area (Å²) in [7, 11) is 0. The molecule has 0 spiro atoms. The van der Waals surface area contributed by atoms with Gasteiger partial charge < -0.3 is 0 Å². The number of hydrogen-bond donors (Lipinski definition) is 1. The van der Waals surface area contributed by atoms with Gasteiger partial charge in [0.25, 0.3) is 5.91 Å². The molecule has 0 aliphatic rings. The van der Waals surface area contributed by atoms with Crippen LogP contribution in [0.5, 0.6) is 0 Å². The number of nitrogens with one attached hydrogen (secondary N) is 1. The number of nitrogens with zero attached hydrogens (tertiary/aromatic N) is 1. The first kappa shape index (κ1) is 12.8. The third-order valence-corrected chi connectivity index (χ3v) is 3.52. The molecule has 2 rings (SSSR count). The van der Waals surface area contributed by atoms with E-state index in [-0.39, 0.29) is 5.91 Å². The lowest BCUT2D eigenvalue weighted by molar-refractivity contribution is 0.0955. The summed E-state index contributed by atoms with van der Waals surface area (Å²) in [4.78, 5) is 12.8. The molecule has 0 radical (unpaired) electrons. The van der Waals surface area contributed by atoms with E-state index < -0.39 is 0 Å². The minimum Gasteiger partial charge on any atom is -0.267 e. The molecule has 1 aromatic carbocycles. The van der Waals surface area contributed by atoms with Crippen LogP contribution in [-0.4, -0.2) is 12.1 Å². The zero-order valence-corrected chi connectivity index (χ0v) is 11.3. The van der Waals surface area contributed by atoms with Crippen LogP contribution in [0.3, 0.4) is 0 Å². The van der Waals surface area contributed by atoms with Crippen LogP contribution in [0, 0.1) is 6.92 Å². The molecule has 5 heteroatoms. The van der Waals surface area contributed by atoms with Crippen LogP contribution in [0.25, 0.3) is 0 Å². The van der Waals surface area contributed by atoms with Crippen LogP contribution in [0.2, 0.25) is 5.02 Å². The first-order chi connectivity index (χ1) is 8.66. The first-order valence-electron chi connectivity index (χ1n) is 5.30. The Morgan fingerprint density at radius 3 is 2.94 bits per heavy atom. The zero-order valence-electron chi connectivity index (χ0n) is 9.68. The summed E-state index contributed by atoms with van der Waals surface area (Å²) in [6.07, 6.45) is 1.64. The smallest absolute Gasteiger partial charge is 0.267 e. The Labute approximate surface area is 114 Å². The third-order valence-electron chi connectivity index (χ3n) is 2.34.